The maximum Gasteiger partial charge on any atom is 0.0640 e. The van der Waals surface area contributed by atoms with Crippen LogP contribution in [0.15, 0.2) is 158 Å². The lowest BCUT2D eigenvalue weighted by atomic mass is 10.0. The Labute approximate surface area is 269 Å². The van der Waals surface area contributed by atoms with Crippen molar-refractivity contribution in [1.82, 2.24) is 4.98 Å². The van der Waals surface area contributed by atoms with Crippen molar-refractivity contribution in [3.63, 3.8) is 0 Å². The molecule has 6 aromatic carbocycles. The molecule has 0 atom stereocenters. The topological polar surface area (TPSA) is 16.1 Å². The summed E-state index contributed by atoms with van der Waals surface area (Å²) in [5.74, 6) is 0. The Bertz CT molecular complexity index is 2470. The minimum absolute atomic E-state index is 1.12. The third-order valence-corrected chi connectivity index (χ3v) is 10.9. The maximum atomic E-state index is 4.63. The lowest BCUT2D eigenvalue weighted by Gasteiger charge is -2.26. The molecule has 0 saturated heterocycles. The second kappa shape index (κ2) is 10.7. The van der Waals surface area contributed by atoms with E-state index in [1.807, 2.05) is 23.7 Å². The van der Waals surface area contributed by atoms with Gasteiger partial charge in [-0.05, 0) is 59.2 Å². The van der Waals surface area contributed by atoms with Crippen LogP contribution in [0.2, 0.25) is 0 Å². The molecule has 4 heteroatoms. The number of thiophene rings is 2. The lowest BCUT2D eigenvalue weighted by molar-refractivity contribution is 1.30. The van der Waals surface area contributed by atoms with Gasteiger partial charge in [0.15, 0.2) is 0 Å². The number of hydrogen-bond donors (Lipinski definition) is 0. The summed E-state index contributed by atoms with van der Waals surface area (Å²) in [5, 5.41) is 5.16. The minimum atomic E-state index is 1.12. The summed E-state index contributed by atoms with van der Waals surface area (Å²) < 4.78 is 5.10. The number of pyridine rings is 1. The standard InChI is InChI=1S/C41H26N2S2/c1-2-9-27(10-3-1)28-17-21-30(22-18-28)43(36-14-8-13-33-32-11-4-6-15-37(32)45-41(33)36)31-23-19-29(20-24-31)35-25-42-26-39-40(35)34-12-5-7-16-38(34)44-39/h1-26H. The van der Waals surface area contributed by atoms with Crippen LogP contribution in [0.1, 0.15) is 0 Å². The quantitative estimate of drug-likeness (QED) is 0.193. The molecular weight excluding hydrogens is 585 g/mol. The van der Waals surface area contributed by atoms with Gasteiger partial charge in [-0.2, -0.15) is 0 Å². The van der Waals surface area contributed by atoms with Crippen LogP contribution in [0.3, 0.4) is 0 Å². The summed E-state index contributed by atoms with van der Waals surface area (Å²) in [6.45, 7) is 0. The first-order valence-electron chi connectivity index (χ1n) is 15.0. The molecule has 0 spiro atoms. The van der Waals surface area contributed by atoms with E-state index < -0.39 is 0 Å². The molecule has 0 unspecified atom stereocenters. The highest BCUT2D eigenvalue weighted by molar-refractivity contribution is 7.26. The van der Waals surface area contributed by atoms with Crippen LogP contribution in [0, 0.1) is 0 Å². The van der Waals surface area contributed by atoms with Gasteiger partial charge in [-0.3, -0.25) is 4.98 Å². The predicted molar refractivity (Wildman–Crippen MR) is 196 cm³/mol. The summed E-state index contributed by atoms with van der Waals surface area (Å²) in [6.07, 6.45) is 4.00. The monoisotopic (exact) mass is 610 g/mol. The van der Waals surface area contributed by atoms with E-state index in [-0.39, 0.29) is 0 Å². The molecule has 0 bridgehead atoms. The SMILES string of the molecule is c1ccc(-c2ccc(N(c3ccc(-c4cncc5sc6ccccc6c45)cc3)c3cccc4c3sc3ccccc34)cc2)cc1. The van der Waals surface area contributed by atoms with Gasteiger partial charge in [0.05, 0.1) is 15.1 Å². The van der Waals surface area contributed by atoms with E-state index in [4.69, 9.17) is 0 Å². The van der Waals surface area contributed by atoms with Crippen LogP contribution in [-0.4, -0.2) is 4.98 Å². The third kappa shape index (κ3) is 4.41. The van der Waals surface area contributed by atoms with Gasteiger partial charge in [-0.25, -0.2) is 0 Å². The van der Waals surface area contributed by atoms with Gasteiger partial charge in [0.1, 0.15) is 0 Å². The maximum absolute atomic E-state index is 4.63. The molecule has 0 fully saturated rings. The zero-order chi connectivity index (χ0) is 29.7. The van der Waals surface area contributed by atoms with E-state index in [0.29, 0.717) is 0 Å². The Morgan fingerprint density at radius 1 is 0.422 bits per heavy atom. The zero-order valence-electron chi connectivity index (χ0n) is 24.2. The second-order valence-corrected chi connectivity index (χ2v) is 13.3. The van der Waals surface area contributed by atoms with Crippen molar-refractivity contribution >= 4 is 80.1 Å². The number of anilines is 3. The highest BCUT2D eigenvalue weighted by atomic mass is 32.1. The van der Waals surface area contributed by atoms with E-state index in [2.05, 4.69) is 155 Å². The van der Waals surface area contributed by atoms with E-state index in [0.717, 1.165) is 11.4 Å². The van der Waals surface area contributed by atoms with Gasteiger partial charge in [-0.15, -0.1) is 22.7 Å². The molecule has 9 aromatic rings. The Kier molecular flexibility index (Phi) is 6.22. The van der Waals surface area contributed by atoms with E-state index in [1.54, 1.807) is 11.3 Å². The van der Waals surface area contributed by atoms with E-state index in [1.165, 1.54) is 68.3 Å². The van der Waals surface area contributed by atoms with Crippen molar-refractivity contribution in [2.45, 2.75) is 0 Å². The fourth-order valence-corrected chi connectivity index (χ4v) is 8.76. The number of fused-ring (bicyclic) bond motifs is 6. The number of nitrogens with zero attached hydrogens (tertiary/aromatic N) is 2. The molecule has 0 aliphatic rings. The molecule has 9 rings (SSSR count). The zero-order valence-corrected chi connectivity index (χ0v) is 25.9. The Morgan fingerprint density at radius 2 is 1.02 bits per heavy atom. The summed E-state index contributed by atoms with van der Waals surface area (Å²) in [6, 6.07) is 52.5. The van der Waals surface area contributed by atoms with Gasteiger partial charge < -0.3 is 4.90 Å². The molecular formula is C41H26N2S2. The third-order valence-electron chi connectivity index (χ3n) is 8.58. The molecule has 212 valence electrons. The molecule has 0 saturated carbocycles. The van der Waals surface area contributed by atoms with Crippen molar-refractivity contribution in [1.29, 1.82) is 0 Å². The van der Waals surface area contributed by atoms with Gasteiger partial charge >= 0.3 is 0 Å². The van der Waals surface area contributed by atoms with Crippen molar-refractivity contribution in [2.75, 3.05) is 4.90 Å². The van der Waals surface area contributed by atoms with Crippen LogP contribution < -0.4 is 4.90 Å². The van der Waals surface area contributed by atoms with Crippen molar-refractivity contribution in [3.8, 4) is 22.3 Å². The number of rotatable bonds is 5. The first-order valence-corrected chi connectivity index (χ1v) is 16.7. The number of hydrogen-bond acceptors (Lipinski definition) is 4. The summed E-state index contributed by atoms with van der Waals surface area (Å²) in [7, 11) is 0. The molecule has 3 aromatic heterocycles. The van der Waals surface area contributed by atoms with E-state index in [9.17, 15) is 0 Å². The fourth-order valence-electron chi connectivity index (χ4n) is 6.46. The average molecular weight is 611 g/mol. The van der Waals surface area contributed by atoms with E-state index >= 15 is 0 Å². The highest BCUT2D eigenvalue weighted by Crippen LogP contribution is 2.46. The van der Waals surface area contributed by atoms with Gasteiger partial charge in [-0.1, -0.05) is 103 Å². The Hall–Kier alpha value is -5.29. The van der Waals surface area contributed by atoms with Crippen LogP contribution in [0.4, 0.5) is 17.1 Å². The highest BCUT2D eigenvalue weighted by Gasteiger charge is 2.19. The molecule has 45 heavy (non-hydrogen) atoms. The normalized spacial score (nSPS) is 11.6. The summed E-state index contributed by atoms with van der Waals surface area (Å²) in [5.41, 5.74) is 8.18. The van der Waals surface area contributed by atoms with Gasteiger partial charge in [0.2, 0.25) is 0 Å². The van der Waals surface area contributed by atoms with Crippen molar-refractivity contribution < 1.29 is 0 Å². The molecule has 0 amide bonds. The first kappa shape index (κ1) is 26.1. The fraction of sp³-hybridized carbons (Fsp3) is 0. The molecule has 2 nitrogen and oxygen atoms in total. The number of benzene rings is 6. The van der Waals surface area contributed by atoms with Crippen LogP contribution in [0.25, 0.3) is 62.6 Å². The van der Waals surface area contributed by atoms with Crippen LogP contribution in [0.5, 0.6) is 0 Å². The minimum Gasteiger partial charge on any atom is -0.309 e. The smallest absolute Gasteiger partial charge is 0.0640 e. The summed E-state index contributed by atoms with van der Waals surface area (Å²) in [4.78, 5) is 7.02. The van der Waals surface area contributed by atoms with Gasteiger partial charge in [0, 0.05) is 60.3 Å². The average Bonchev–Trinajstić information content (AvgIpc) is 3.69. The summed E-state index contributed by atoms with van der Waals surface area (Å²) >= 11 is 3.67. The largest absolute Gasteiger partial charge is 0.309 e. The molecule has 0 N–H and O–H groups in total. The van der Waals surface area contributed by atoms with Crippen molar-refractivity contribution in [2.24, 2.45) is 0 Å². The number of aromatic nitrogens is 1. The van der Waals surface area contributed by atoms with Crippen molar-refractivity contribution in [3.05, 3.63) is 158 Å². The van der Waals surface area contributed by atoms with Crippen LogP contribution >= 0.6 is 22.7 Å². The van der Waals surface area contributed by atoms with Crippen LogP contribution in [-0.2, 0) is 0 Å². The molecule has 3 heterocycles. The Balaban J connectivity index is 1.20. The Morgan fingerprint density at radius 3 is 1.78 bits per heavy atom. The lowest BCUT2D eigenvalue weighted by Crippen LogP contribution is -2.10. The first-order chi connectivity index (χ1) is 22.3. The van der Waals surface area contributed by atoms with Gasteiger partial charge in [0.25, 0.3) is 0 Å². The molecule has 0 aliphatic carbocycles. The second-order valence-electron chi connectivity index (χ2n) is 11.2. The molecule has 0 radical (unpaired) electrons. The predicted octanol–water partition coefficient (Wildman–Crippen LogP) is 12.6. The molecule has 0 aliphatic heterocycles.